The molecule has 1 saturated heterocycles. The van der Waals surface area contributed by atoms with Crippen molar-refractivity contribution in [1.29, 1.82) is 0 Å². The highest BCUT2D eigenvalue weighted by atomic mass is 35.5. The molecule has 2 N–H and O–H groups in total. The minimum atomic E-state index is -0.519. The molecule has 1 aliphatic heterocycles. The topological polar surface area (TPSA) is 67.4 Å². The molecule has 3 unspecified atom stereocenters. The number of ether oxygens (including phenoxy) is 1. The van der Waals surface area contributed by atoms with Gasteiger partial charge in [0.1, 0.15) is 6.04 Å². The van der Waals surface area contributed by atoms with Crippen molar-refractivity contribution in [2.75, 3.05) is 19.7 Å². The molecule has 0 radical (unpaired) electrons. The number of hydrogen-bond acceptors (Lipinski definition) is 4. The monoisotopic (exact) mass is 320 g/mol. The van der Waals surface area contributed by atoms with E-state index >= 15 is 0 Å². The molecule has 0 aromatic heterocycles. The summed E-state index contributed by atoms with van der Waals surface area (Å²) in [6.45, 7) is 8.14. The first-order chi connectivity index (χ1) is 9.58. The molecule has 1 rings (SSSR count). The molecule has 3 atom stereocenters. The highest BCUT2D eigenvalue weighted by Crippen LogP contribution is 2.15. The Hall–Kier alpha value is -0.810. The standard InChI is InChI=1S/C15H28N2O3.ClH/c1-4-11(3)14(15(19)20-5-2)17-13(18)7-6-12-8-9-16-10-12;/h11-12,14,16H,4-10H2,1-3H3,(H,17,18);1H. The third-order valence-electron chi connectivity index (χ3n) is 4.01. The van der Waals surface area contributed by atoms with Crippen LogP contribution in [0.2, 0.25) is 0 Å². The van der Waals surface area contributed by atoms with Crippen LogP contribution in [0.5, 0.6) is 0 Å². The van der Waals surface area contributed by atoms with Crippen molar-refractivity contribution in [3.05, 3.63) is 0 Å². The summed E-state index contributed by atoms with van der Waals surface area (Å²) in [4.78, 5) is 23.9. The van der Waals surface area contributed by atoms with Gasteiger partial charge in [0.2, 0.25) is 5.91 Å². The van der Waals surface area contributed by atoms with Gasteiger partial charge in [-0.15, -0.1) is 12.4 Å². The number of carbonyl (C=O) groups is 2. The number of rotatable bonds is 8. The maximum absolute atomic E-state index is 12.0. The SMILES string of the molecule is CCOC(=O)C(NC(=O)CCC1CCNC1)C(C)CC.Cl. The van der Waals surface area contributed by atoms with Crippen molar-refractivity contribution in [1.82, 2.24) is 10.6 Å². The van der Waals surface area contributed by atoms with Gasteiger partial charge in [-0.1, -0.05) is 20.3 Å². The minimum Gasteiger partial charge on any atom is -0.464 e. The molecule has 0 aromatic rings. The lowest BCUT2D eigenvalue weighted by atomic mass is 9.98. The van der Waals surface area contributed by atoms with Gasteiger partial charge in [0.25, 0.3) is 0 Å². The van der Waals surface area contributed by atoms with E-state index in [1.165, 1.54) is 0 Å². The Kier molecular flexibility index (Phi) is 10.4. The van der Waals surface area contributed by atoms with Crippen LogP contribution in [-0.4, -0.2) is 37.6 Å². The predicted octanol–water partition coefficient (Wildman–Crippen LogP) is 1.89. The van der Waals surface area contributed by atoms with Crippen molar-refractivity contribution in [3.63, 3.8) is 0 Å². The third kappa shape index (κ3) is 7.14. The molecule has 0 saturated carbocycles. The van der Waals surface area contributed by atoms with Crippen LogP contribution in [0.25, 0.3) is 0 Å². The molecule has 124 valence electrons. The Bertz CT molecular complexity index is 320. The molecular formula is C15H29ClN2O3. The van der Waals surface area contributed by atoms with Crippen LogP contribution in [0.4, 0.5) is 0 Å². The molecule has 21 heavy (non-hydrogen) atoms. The largest absolute Gasteiger partial charge is 0.464 e. The van der Waals surface area contributed by atoms with Gasteiger partial charge >= 0.3 is 5.97 Å². The van der Waals surface area contributed by atoms with Crippen molar-refractivity contribution in [2.45, 2.75) is 52.5 Å². The first-order valence-corrected chi connectivity index (χ1v) is 7.75. The molecule has 1 heterocycles. The van der Waals surface area contributed by atoms with E-state index in [1.807, 2.05) is 13.8 Å². The van der Waals surface area contributed by atoms with Crippen LogP contribution >= 0.6 is 12.4 Å². The number of amides is 1. The van der Waals surface area contributed by atoms with Gasteiger partial charge in [0.15, 0.2) is 0 Å². The molecule has 0 aliphatic carbocycles. The maximum atomic E-state index is 12.0. The molecule has 1 amide bonds. The van der Waals surface area contributed by atoms with Gasteiger partial charge in [0.05, 0.1) is 6.61 Å². The quantitative estimate of drug-likeness (QED) is 0.670. The average molecular weight is 321 g/mol. The minimum absolute atomic E-state index is 0. The Balaban J connectivity index is 0.00000400. The Morgan fingerprint density at radius 1 is 1.38 bits per heavy atom. The normalized spacial score (nSPS) is 20.2. The second-order valence-electron chi connectivity index (χ2n) is 5.58. The average Bonchev–Trinajstić information content (AvgIpc) is 2.95. The molecule has 5 nitrogen and oxygen atoms in total. The molecule has 6 heteroatoms. The van der Waals surface area contributed by atoms with E-state index in [1.54, 1.807) is 6.92 Å². The smallest absolute Gasteiger partial charge is 0.328 e. The highest BCUT2D eigenvalue weighted by molar-refractivity contribution is 5.85. The molecule has 1 aliphatic rings. The molecule has 0 aromatic carbocycles. The van der Waals surface area contributed by atoms with Crippen LogP contribution in [0.3, 0.4) is 0 Å². The van der Waals surface area contributed by atoms with E-state index in [-0.39, 0.29) is 30.2 Å². The van der Waals surface area contributed by atoms with Crippen molar-refractivity contribution in [2.24, 2.45) is 11.8 Å². The second kappa shape index (κ2) is 10.9. The highest BCUT2D eigenvalue weighted by Gasteiger charge is 2.27. The lowest BCUT2D eigenvalue weighted by Gasteiger charge is -2.22. The van der Waals surface area contributed by atoms with Crippen molar-refractivity contribution >= 4 is 24.3 Å². The Morgan fingerprint density at radius 2 is 2.10 bits per heavy atom. The zero-order valence-electron chi connectivity index (χ0n) is 13.3. The zero-order chi connectivity index (χ0) is 15.0. The van der Waals surface area contributed by atoms with Gasteiger partial charge in [-0.25, -0.2) is 4.79 Å². The van der Waals surface area contributed by atoms with Gasteiger partial charge < -0.3 is 15.4 Å². The lowest BCUT2D eigenvalue weighted by molar-refractivity contribution is -0.149. The number of halogens is 1. The third-order valence-corrected chi connectivity index (χ3v) is 4.01. The van der Waals surface area contributed by atoms with Crippen LogP contribution in [0, 0.1) is 11.8 Å². The van der Waals surface area contributed by atoms with Gasteiger partial charge in [-0.3, -0.25) is 4.79 Å². The summed E-state index contributed by atoms with van der Waals surface area (Å²) in [5.74, 6) is 0.310. The number of nitrogens with one attached hydrogen (secondary N) is 2. The maximum Gasteiger partial charge on any atom is 0.328 e. The number of hydrogen-bond donors (Lipinski definition) is 2. The summed E-state index contributed by atoms with van der Waals surface area (Å²) in [7, 11) is 0. The van der Waals surface area contributed by atoms with Gasteiger partial charge in [0, 0.05) is 6.42 Å². The fourth-order valence-electron chi connectivity index (χ4n) is 2.44. The summed E-state index contributed by atoms with van der Waals surface area (Å²) in [6.07, 6.45) is 3.34. The van der Waals surface area contributed by atoms with Crippen molar-refractivity contribution in [3.8, 4) is 0 Å². The van der Waals surface area contributed by atoms with Gasteiger partial charge in [-0.05, 0) is 44.7 Å². The Morgan fingerprint density at radius 3 is 2.62 bits per heavy atom. The zero-order valence-corrected chi connectivity index (χ0v) is 14.1. The second-order valence-corrected chi connectivity index (χ2v) is 5.58. The fourth-order valence-corrected chi connectivity index (χ4v) is 2.44. The summed E-state index contributed by atoms with van der Waals surface area (Å²) in [5.41, 5.74) is 0. The van der Waals surface area contributed by atoms with Crippen LogP contribution in [-0.2, 0) is 14.3 Å². The van der Waals surface area contributed by atoms with Crippen molar-refractivity contribution < 1.29 is 14.3 Å². The van der Waals surface area contributed by atoms with Crippen LogP contribution in [0.1, 0.15) is 46.5 Å². The molecule has 0 bridgehead atoms. The molecule has 0 spiro atoms. The summed E-state index contributed by atoms with van der Waals surface area (Å²) >= 11 is 0. The predicted molar refractivity (Wildman–Crippen MR) is 85.5 cm³/mol. The first-order valence-electron chi connectivity index (χ1n) is 7.75. The van der Waals surface area contributed by atoms with E-state index in [0.717, 1.165) is 32.4 Å². The molecule has 1 fully saturated rings. The van der Waals surface area contributed by atoms with E-state index < -0.39 is 6.04 Å². The lowest BCUT2D eigenvalue weighted by Crippen LogP contribution is -2.46. The summed E-state index contributed by atoms with van der Waals surface area (Å²) in [6, 6.07) is -0.519. The Labute approximate surface area is 134 Å². The van der Waals surface area contributed by atoms with Gasteiger partial charge in [-0.2, -0.15) is 0 Å². The van der Waals surface area contributed by atoms with Crippen LogP contribution in [0.15, 0.2) is 0 Å². The van der Waals surface area contributed by atoms with Crippen LogP contribution < -0.4 is 10.6 Å². The van der Waals surface area contributed by atoms with E-state index in [9.17, 15) is 9.59 Å². The molecular weight excluding hydrogens is 292 g/mol. The number of esters is 1. The summed E-state index contributed by atoms with van der Waals surface area (Å²) in [5, 5.41) is 6.14. The van der Waals surface area contributed by atoms with E-state index in [2.05, 4.69) is 10.6 Å². The van der Waals surface area contributed by atoms with E-state index in [4.69, 9.17) is 4.74 Å². The number of carbonyl (C=O) groups excluding carboxylic acids is 2. The summed E-state index contributed by atoms with van der Waals surface area (Å²) < 4.78 is 5.04. The first kappa shape index (κ1) is 20.2. The van der Waals surface area contributed by atoms with E-state index in [0.29, 0.717) is 18.9 Å². The fraction of sp³-hybridized carbons (Fsp3) is 0.867.